The number of halogens is 2. The molecule has 3 rings (SSSR count). The van der Waals surface area contributed by atoms with Crippen molar-refractivity contribution in [2.45, 2.75) is 18.9 Å². The van der Waals surface area contributed by atoms with Gasteiger partial charge in [0, 0.05) is 37.1 Å². The van der Waals surface area contributed by atoms with Crippen LogP contribution in [0.3, 0.4) is 0 Å². The molecule has 2 heterocycles. The van der Waals surface area contributed by atoms with E-state index in [1.165, 1.54) is 0 Å². The molecule has 0 saturated carbocycles. The van der Waals surface area contributed by atoms with Gasteiger partial charge in [-0.2, -0.15) is 0 Å². The highest BCUT2D eigenvalue weighted by atomic mass is 35.5. The molecule has 2 amide bonds. The van der Waals surface area contributed by atoms with Gasteiger partial charge in [-0.25, -0.2) is 0 Å². The molecule has 0 aromatic heterocycles. The van der Waals surface area contributed by atoms with Gasteiger partial charge < -0.3 is 15.5 Å². The minimum absolute atomic E-state index is 0.0487. The van der Waals surface area contributed by atoms with Crippen molar-refractivity contribution in [3.05, 3.63) is 28.2 Å². The van der Waals surface area contributed by atoms with Crippen molar-refractivity contribution in [1.82, 2.24) is 10.6 Å². The van der Waals surface area contributed by atoms with E-state index in [9.17, 15) is 9.59 Å². The summed E-state index contributed by atoms with van der Waals surface area (Å²) >= 11 is 12.1. The standard InChI is InChI=1S/C15H17Cl2N3O2/c16-10-1-2-13(12(17)6-10)20-4-3-11(8-20)19-15(22)9-5-14(21)18-7-9/h1-2,6,9,11H,3-5,7-8H2,(H,18,21)(H,19,22)/t9-,11+/m0/s1. The van der Waals surface area contributed by atoms with Crippen LogP contribution in [0.1, 0.15) is 12.8 Å². The van der Waals surface area contributed by atoms with Crippen LogP contribution in [0.15, 0.2) is 18.2 Å². The van der Waals surface area contributed by atoms with E-state index in [0.717, 1.165) is 18.7 Å². The Bertz CT molecular complexity index is 608. The van der Waals surface area contributed by atoms with Crippen LogP contribution < -0.4 is 15.5 Å². The molecule has 2 aliphatic heterocycles. The Kier molecular flexibility index (Phi) is 4.45. The van der Waals surface area contributed by atoms with Gasteiger partial charge in [-0.3, -0.25) is 9.59 Å². The zero-order chi connectivity index (χ0) is 15.7. The fourth-order valence-electron chi connectivity index (χ4n) is 2.94. The van der Waals surface area contributed by atoms with Gasteiger partial charge in [-0.15, -0.1) is 0 Å². The van der Waals surface area contributed by atoms with E-state index < -0.39 is 0 Å². The van der Waals surface area contributed by atoms with Crippen LogP contribution in [0, 0.1) is 5.92 Å². The van der Waals surface area contributed by atoms with Crippen LogP contribution in [0.4, 0.5) is 5.69 Å². The van der Waals surface area contributed by atoms with Gasteiger partial charge in [0.1, 0.15) is 0 Å². The lowest BCUT2D eigenvalue weighted by molar-refractivity contribution is -0.127. The summed E-state index contributed by atoms with van der Waals surface area (Å²) in [5.41, 5.74) is 0.931. The predicted molar refractivity (Wildman–Crippen MR) is 86.3 cm³/mol. The number of hydrogen-bond donors (Lipinski definition) is 2. The fourth-order valence-corrected chi connectivity index (χ4v) is 3.47. The number of carbonyl (C=O) groups is 2. The Morgan fingerprint density at radius 2 is 2.18 bits per heavy atom. The molecule has 7 heteroatoms. The first-order valence-electron chi connectivity index (χ1n) is 7.30. The first kappa shape index (κ1) is 15.4. The van der Waals surface area contributed by atoms with Crippen molar-refractivity contribution >= 4 is 40.7 Å². The highest BCUT2D eigenvalue weighted by Gasteiger charge is 2.31. The second-order valence-corrected chi connectivity index (χ2v) is 6.58. The molecule has 0 bridgehead atoms. The van der Waals surface area contributed by atoms with Gasteiger partial charge in [-0.1, -0.05) is 23.2 Å². The third-order valence-corrected chi connectivity index (χ3v) is 4.67. The molecule has 1 aromatic carbocycles. The van der Waals surface area contributed by atoms with Crippen LogP contribution in [0.2, 0.25) is 10.0 Å². The number of carbonyl (C=O) groups excluding carboxylic acids is 2. The molecule has 2 fully saturated rings. The first-order valence-corrected chi connectivity index (χ1v) is 8.05. The van der Waals surface area contributed by atoms with Crippen molar-refractivity contribution in [1.29, 1.82) is 0 Å². The quantitative estimate of drug-likeness (QED) is 0.881. The fraction of sp³-hybridized carbons (Fsp3) is 0.467. The summed E-state index contributed by atoms with van der Waals surface area (Å²) in [7, 11) is 0. The summed E-state index contributed by atoms with van der Waals surface area (Å²) in [6, 6.07) is 5.51. The van der Waals surface area contributed by atoms with Gasteiger partial charge in [-0.05, 0) is 24.6 Å². The van der Waals surface area contributed by atoms with Crippen molar-refractivity contribution in [2.75, 3.05) is 24.5 Å². The van der Waals surface area contributed by atoms with Crippen LogP contribution in [0.25, 0.3) is 0 Å². The second-order valence-electron chi connectivity index (χ2n) is 5.74. The third-order valence-electron chi connectivity index (χ3n) is 4.13. The number of nitrogens with zero attached hydrogens (tertiary/aromatic N) is 1. The predicted octanol–water partition coefficient (Wildman–Crippen LogP) is 1.82. The molecule has 0 radical (unpaired) electrons. The molecule has 118 valence electrons. The summed E-state index contributed by atoms with van der Waals surface area (Å²) in [6.07, 6.45) is 1.14. The maximum atomic E-state index is 12.1. The monoisotopic (exact) mass is 341 g/mol. The number of hydrogen-bond acceptors (Lipinski definition) is 3. The van der Waals surface area contributed by atoms with Gasteiger partial charge in [0.05, 0.1) is 16.6 Å². The van der Waals surface area contributed by atoms with Crippen LogP contribution in [0.5, 0.6) is 0 Å². The average Bonchev–Trinajstić information content (AvgIpc) is 3.08. The van der Waals surface area contributed by atoms with E-state index in [-0.39, 0.29) is 30.2 Å². The third kappa shape index (κ3) is 3.31. The Hall–Kier alpha value is -1.46. The molecule has 2 aliphatic rings. The Balaban J connectivity index is 1.58. The molecule has 2 saturated heterocycles. The molecule has 0 unspecified atom stereocenters. The smallest absolute Gasteiger partial charge is 0.225 e. The largest absolute Gasteiger partial charge is 0.368 e. The van der Waals surface area contributed by atoms with Crippen molar-refractivity contribution < 1.29 is 9.59 Å². The Labute approximate surface area is 138 Å². The summed E-state index contributed by atoms with van der Waals surface area (Å²) < 4.78 is 0. The highest BCUT2D eigenvalue weighted by molar-refractivity contribution is 6.36. The lowest BCUT2D eigenvalue weighted by atomic mass is 10.1. The molecule has 1 aromatic rings. The highest BCUT2D eigenvalue weighted by Crippen LogP contribution is 2.31. The topological polar surface area (TPSA) is 61.4 Å². The lowest BCUT2D eigenvalue weighted by Crippen LogP contribution is -2.41. The summed E-state index contributed by atoms with van der Waals surface area (Å²) in [5, 5.41) is 6.94. The average molecular weight is 342 g/mol. The van der Waals surface area contributed by atoms with Crippen LogP contribution >= 0.6 is 23.2 Å². The van der Waals surface area contributed by atoms with E-state index in [1.807, 2.05) is 12.1 Å². The summed E-state index contributed by atoms with van der Waals surface area (Å²) in [4.78, 5) is 25.4. The molecule has 22 heavy (non-hydrogen) atoms. The SMILES string of the molecule is O=C1C[C@H](C(=O)N[C@@H]2CCN(c3ccc(Cl)cc3Cl)C2)CN1. The van der Waals surface area contributed by atoms with E-state index in [4.69, 9.17) is 23.2 Å². The minimum atomic E-state index is -0.249. The molecule has 2 N–H and O–H groups in total. The Morgan fingerprint density at radius 1 is 1.36 bits per heavy atom. The molecular formula is C15H17Cl2N3O2. The van der Waals surface area contributed by atoms with Crippen LogP contribution in [-0.2, 0) is 9.59 Å². The second kappa shape index (κ2) is 6.34. The number of rotatable bonds is 3. The van der Waals surface area contributed by atoms with Gasteiger partial charge in [0.2, 0.25) is 11.8 Å². The number of nitrogens with one attached hydrogen (secondary N) is 2. The van der Waals surface area contributed by atoms with E-state index in [1.54, 1.807) is 6.07 Å². The minimum Gasteiger partial charge on any atom is -0.368 e. The van der Waals surface area contributed by atoms with E-state index in [0.29, 0.717) is 23.1 Å². The van der Waals surface area contributed by atoms with Crippen molar-refractivity contribution in [3.63, 3.8) is 0 Å². The lowest BCUT2D eigenvalue weighted by Gasteiger charge is -2.21. The maximum Gasteiger partial charge on any atom is 0.225 e. The number of benzene rings is 1. The van der Waals surface area contributed by atoms with E-state index >= 15 is 0 Å². The van der Waals surface area contributed by atoms with E-state index in [2.05, 4.69) is 15.5 Å². The first-order chi connectivity index (χ1) is 10.5. The summed E-state index contributed by atoms with van der Waals surface area (Å²) in [5.74, 6) is -0.353. The Morgan fingerprint density at radius 3 is 2.86 bits per heavy atom. The van der Waals surface area contributed by atoms with Gasteiger partial charge in [0.25, 0.3) is 0 Å². The van der Waals surface area contributed by atoms with Gasteiger partial charge >= 0.3 is 0 Å². The molecule has 0 spiro atoms. The van der Waals surface area contributed by atoms with Crippen LogP contribution in [-0.4, -0.2) is 37.5 Å². The molecule has 2 atom stereocenters. The van der Waals surface area contributed by atoms with Crippen molar-refractivity contribution in [2.24, 2.45) is 5.92 Å². The zero-order valence-corrected chi connectivity index (χ0v) is 13.5. The van der Waals surface area contributed by atoms with Crippen molar-refractivity contribution in [3.8, 4) is 0 Å². The zero-order valence-electron chi connectivity index (χ0n) is 11.9. The normalized spacial score (nSPS) is 24.5. The van der Waals surface area contributed by atoms with Gasteiger partial charge in [0.15, 0.2) is 0 Å². The number of amides is 2. The molecular weight excluding hydrogens is 325 g/mol. The molecule has 5 nitrogen and oxygen atoms in total. The molecule has 0 aliphatic carbocycles. The summed E-state index contributed by atoms with van der Waals surface area (Å²) in [6.45, 7) is 1.97. The maximum absolute atomic E-state index is 12.1. The number of anilines is 1.